The number of benzene rings is 2. The van der Waals surface area contributed by atoms with Crippen molar-refractivity contribution in [1.82, 2.24) is 5.32 Å². The van der Waals surface area contributed by atoms with E-state index < -0.39 is 28.5 Å². The zero-order valence-electron chi connectivity index (χ0n) is 15.1. The molecule has 0 heterocycles. The van der Waals surface area contributed by atoms with E-state index in [0.717, 1.165) is 10.6 Å². The van der Waals surface area contributed by atoms with Gasteiger partial charge in [-0.1, -0.05) is 23.7 Å². The van der Waals surface area contributed by atoms with Crippen LogP contribution >= 0.6 is 11.6 Å². The molecule has 0 spiro atoms. The average Bonchev–Trinajstić information content (AvgIpc) is 2.59. The lowest BCUT2D eigenvalue weighted by Crippen LogP contribution is -2.41. The second-order valence-corrected chi connectivity index (χ2v) is 8.27. The number of carbonyl (C=O) groups is 1. The summed E-state index contributed by atoms with van der Waals surface area (Å²) < 4.78 is 43.6. The van der Waals surface area contributed by atoms with Crippen LogP contribution in [0.25, 0.3) is 0 Å². The minimum atomic E-state index is -3.78. The minimum absolute atomic E-state index is 0.164. The largest absolute Gasteiger partial charge is 0.495 e. The van der Waals surface area contributed by atoms with Crippen LogP contribution in [-0.4, -0.2) is 34.2 Å². The van der Waals surface area contributed by atoms with Crippen LogP contribution in [0.3, 0.4) is 0 Å². The minimum Gasteiger partial charge on any atom is -0.495 e. The summed E-state index contributed by atoms with van der Waals surface area (Å²) in [4.78, 5) is 12.4. The maximum Gasteiger partial charge on any atom is 0.241 e. The van der Waals surface area contributed by atoms with Gasteiger partial charge in [0.1, 0.15) is 18.1 Å². The molecule has 0 saturated carbocycles. The summed E-state index contributed by atoms with van der Waals surface area (Å²) in [6.07, 6.45) is 0.990. The van der Waals surface area contributed by atoms with Gasteiger partial charge in [0.25, 0.3) is 0 Å². The standard InChI is InChI=1S/C18H20ClFN2O4S/c1-12(13-4-7-15(20)8-5-13)21-18(23)11-22(27(3,24)25)16-10-14(19)6-9-17(16)26-2/h4-10,12H,11H2,1-3H3,(H,21,23). The van der Waals surface area contributed by atoms with Crippen molar-refractivity contribution in [2.24, 2.45) is 0 Å². The van der Waals surface area contributed by atoms with Gasteiger partial charge in [0.15, 0.2) is 0 Å². The summed E-state index contributed by atoms with van der Waals surface area (Å²) in [5, 5.41) is 3.00. The van der Waals surface area contributed by atoms with Gasteiger partial charge in [-0.3, -0.25) is 9.10 Å². The normalized spacial score (nSPS) is 12.3. The molecule has 2 aromatic rings. The molecule has 0 radical (unpaired) electrons. The van der Waals surface area contributed by atoms with Gasteiger partial charge < -0.3 is 10.1 Å². The highest BCUT2D eigenvalue weighted by atomic mass is 35.5. The number of ether oxygens (including phenoxy) is 1. The lowest BCUT2D eigenvalue weighted by atomic mass is 10.1. The molecule has 0 saturated heterocycles. The number of carbonyl (C=O) groups excluding carboxylic acids is 1. The van der Waals surface area contributed by atoms with Crippen LogP contribution in [0.4, 0.5) is 10.1 Å². The average molecular weight is 415 g/mol. The van der Waals surface area contributed by atoms with E-state index >= 15 is 0 Å². The van der Waals surface area contributed by atoms with E-state index in [1.807, 2.05) is 0 Å². The third kappa shape index (κ3) is 5.58. The van der Waals surface area contributed by atoms with E-state index in [1.54, 1.807) is 25.1 Å². The molecular weight excluding hydrogens is 395 g/mol. The Balaban J connectivity index is 2.23. The number of methoxy groups -OCH3 is 1. The van der Waals surface area contributed by atoms with Gasteiger partial charge in [-0.05, 0) is 42.8 Å². The molecular formula is C18H20ClFN2O4S. The number of hydrogen-bond donors (Lipinski definition) is 1. The van der Waals surface area contributed by atoms with Crippen molar-refractivity contribution in [3.63, 3.8) is 0 Å². The number of hydrogen-bond acceptors (Lipinski definition) is 4. The van der Waals surface area contributed by atoms with Crippen LogP contribution in [0, 0.1) is 5.82 Å². The Morgan fingerprint density at radius 3 is 2.44 bits per heavy atom. The first kappa shape index (κ1) is 21.0. The third-order valence-corrected chi connectivity index (χ3v) is 5.21. The fourth-order valence-electron chi connectivity index (χ4n) is 2.49. The van der Waals surface area contributed by atoms with Crippen molar-refractivity contribution in [2.45, 2.75) is 13.0 Å². The van der Waals surface area contributed by atoms with Crippen LogP contribution in [-0.2, 0) is 14.8 Å². The highest BCUT2D eigenvalue weighted by Gasteiger charge is 2.25. The van der Waals surface area contributed by atoms with Crippen LogP contribution in [0.1, 0.15) is 18.5 Å². The lowest BCUT2D eigenvalue weighted by molar-refractivity contribution is -0.120. The van der Waals surface area contributed by atoms with Gasteiger partial charge in [-0.2, -0.15) is 0 Å². The van der Waals surface area contributed by atoms with Crippen LogP contribution < -0.4 is 14.4 Å². The van der Waals surface area contributed by atoms with Crippen molar-refractivity contribution < 1.29 is 22.3 Å². The van der Waals surface area contributed by atoms with Crippen molar-refractivity contribution in [3.05, 3.63) is 58.9 Å². The predicted molar refractivity (Wildman–Crippen MR) is 103 cm³/mol. The molecule has 1 amide bonds. The second-order valence-electron chi connectivity index (χ2n) is 5.93. The van der Waals surface area contributed by atoms with Crippen molar-refractivity contribution in [2.75, 3.05) is 24.2 Å². The first-order valence-electron chi connectivity index (χ1n) is 7.98. The maximum absolute atomic E-state index is 13.0. The number of halogens is 2. The first-order valence-corrected chi connectivity index (χ1v) is 10.2. The summed E-state index contributed by atoms with van der Waals surface area (Å²) in [7, 11) is -2.39. The summed E-state index contributed by atoms with van der Waals surface area (Å²) >= 11 is 5.97. The van der Waals surface area contributed by atoms with E-state index in [9.17, 15) is 17.6 Å². The van der Waals surface area contributed by atoms with E-state index in [-0.39, 0.29) is 17.3 Å². The number of rotatable bonds is 7. The summed E-state index contributed by atoms with van der Waals surface area (Å²) in [5.41, 5.74) is 0.855. The molecule has 0 aliphatic carbocycles. The Morgan fingerprint density at radius 1 is 1.26 bits per heavy atom. The number of anilines is 1. The van der Waals surface area contributed by atoms with Crippen molar-refractivity contribution in [1.29, 1.82) is 0 Å². The quantitative estimate of drug-likeness (QED) is 0.755. The smallest absolute Gasteiger partial charge is 0.241 e. The Morgan fingerprint density at radius 2 is 1.89 bits per heavy atom. The fourth-order valence-corrected chi connectivity index (χ4v) is 3.51. The topological polar surface area (TPSA) is 75.7 Å². The fraction of sp³-hybridized carbons (Fsp3) is 0.278. The van der Waals surface area contributed by atoms with E-state index in [2.05, 4.69) is 5.32 Å². The molecule has 1 N–H and O–H groups in total. The molecule has 9 heteroatoms. The number of sulfonamides is 1. The number of amides is 1. The Hall–Kier alpha value is -2.32. The van der Waals surface area contributed by atoms with Crippen molar-refractivity contribution >= 4 is 33.2 Å². The van der Waals surface area contributed by atoms with Crippen LogP contribution in [0.15, 0.2) is 42.5 Å². The zero-order chi connectivity index (χ0) is 20.2. The lowest BCUT2D eigenvalue weighted by Gasteiger charge is -2.25. The molecule has 0 aliphatic rings. The molecule has 1 atom stereocenters. The summed E-state index contributed by atoms with van der Waals surface area (Å²) in [5.74, 6) is -0.642. The maximum atomic E-state index is 13.0. The molecule has 0 aliphatic heterocycles. The molecule has 1 unspecified atom stereocenters. The van der Waals surface area contributed by atoms with Crippen LogP contribution in [0.5, 0.6) is 5.75 Å². The summed E-state index contributed by atoms with van der Waals surface area (Å²) in [6, 6.07) is 9.74. The van der Waals surface area contributed by atoms with Gasteiger partial charge in [0.05, 0.1) is 25.1 Å². The van der Waals surface area contributed by atoms with Gasteiger partial charge in [-0.15, -0.1) is 0 Å². The van der Waals surface area contributed by atoms with Gasteiger partial charge in [0, 0.05) is 5.02 Å². The van der Waals surface area contributed by atoms with Crippen LogP contribution in [0.2, 0.25) is 5.02 Å². The highest BCUT2D eigenvalue weighted by Crippen LogP contribution is 2.32. The monoisotopic (exact) mass is 414 g/mol. The van der Waals surface area contributed by atoms with E-state index in [1.165, 1.54) is 31.4 Å². The highest BCUT2D eigenvalue weighted by molar-refractivity contribution is 7.92. The molecule has 0 aromatic heterocycles. The third-order valence-electron chi connectivity index (χ3n) is 3.84. The molecule has 146 valence electrons. The summed E-state index contributed by atoms with van der Waals surface area (Å²) in [6.45, 7) is 1.26. The number of nitrogens with zero attached hydrogens (tertiary/aromatic N) is 1. The van der Waals surface area contributed by atoms with Crippen molar-refractivity contribution in [3.8, 4) is 5.75 Å². The van der Waals surface area contributed by atoms with Gasteiger partial charge in [-0.25, -0.2) is 12.8 Å². The SMILES string of the molecule is COc1ccc(Cl)cc1N(CC(=O)NC(C)c1ccc(F)cc1)S(C)(=O)=O. The Bertz CT molecular complexity index is 919. The molecule has 27 heavy (non-hydrogen) atoms. The first-order chi connectivity index (χ1) is 12.6. The molecule has 6 nitrogen and oxygen atoms in total. The Labute approximate surface area is 162 Å². The van der Waals surface area contributed by atoms with Gasteiger partial charge in [0.2, 0.25) is 15.9 Å². The van der Waals surface area contributed by atoms with Gasteiger partial charge >= 0.3 is 0 Å². The second kappa shape index (κ2) is 8.58. The van der Waals surface area contributed by atoms with E-state index in [0.29, 0.717) is 10.6 Å². The predicted octanol–water partition coefficient (Wildman–Crippen LogP) is 3.13. The molecule has 0 fully saturated rings. The molecule has 2 aromatic carbocycles. The van der Waals surface area contributed by atoms with E-state index in [4.69, 9.17) is 16.3 Å². The number of nitrogens with one attached hydrogen (secondary N) is 1. The molecule has 2 rings (SSSR count). The Kier molecular flexibility index (Phi) is 6.67. The zero-order valence-corrected chi connectivity index (χ0v) is 16.6. The molecule has 0 bridgehead atoms.